The summed E-state index contributed by atoms with van der Waals surface area (Å²) >= 11 is 0. The summed E-state index contributed by atoms with van der Waals surface area (Å²) < 4.78 is 5.63. The lowest BCUT2D eigenvalue weighted by Crippen LogP contribution is -2.21. The van der Waals surface area contributed by atoms with Gasteiger partial charge < -0.3 is 4.74 Å². The molecule has 2 aliphatic carbocycles. The summed E-state index contributed by atoms with van der Waals surface area (Å²) in [6, 6.07) is 0. The van der Waals surface area contributed by atoms with Crippen LogP contribution in [0.2, 0.25) is 0 Å². The van der Waals surface area contributed by atoms with E-state index in [4.69, 9.17) is 4.74 Å². The van der Waals surface area contributed by atoms with Crippen LogP contribution in [0.15, 0.2) is 12.7 Å². The Kier molecular flexibility index (Phi) is 0.885. The smallest absolute Gasteiger partial charge is 0.0898 e. The molecule has 0 aromatic carbocycles. The molecule has 1 aliphatic heterocycles. The zero-order valence-corrected chi connectivity index (χ0v) is 6.92. The molecule has 1 heterocycles. The van der Waals surface area contributed by atoms with E-state index in [9.17, 15) is 0 Å². The lowest BCUT2D eigenvalue weighted by Gasteiger charge is -2.20. The van der Waals surface area contributed by atoms with Gasteiger partial charge in [-0.2, -0.15) is 0 Å². The molecule has 5 atom stereocenters. The van der Waals surface area contributed by atoms with Gasteiger partial charge in [0.2, 0.25) is 0 Å². The molecule has 1 heteroatoms. The van der Waals surface area contributed by atoms with Gasteiger partial charge in [-0.25, -0.2) is 0 Å². The highest BCUT2D eigenvalue weighted by molar-refractivity contribution is 5.18. The summed E-state index contributed by atoms with van der Waals surface area (Å²) in [6.45, 7) is 6.27. The number of rotatable bonds is 1. The molecule has 1 saturated heterocycles. The van der Waals surface area contributed by atoms with Crippen molar-refractivity contribution in [1.82, 2.24) is 0 Å². The van der Waals surface area contributed by atoms with Crippen LogP contribution in [0.1, 0.15) is 19.8 Å². The fourth-order valence-electron chi connectivity index (χ4n) is 3.32. The van der Waals surface area contributed by atoms with E-state index in [-0.39, 0.29) is 0 Å². The summed E-state index contributed by atoms with van der Waals surface area (Å²) in [5.41, 5.74) is 0.522. The van der Waals surface area contributed by atoms with Crippen molar-refractivity contribution in [3.63, 3.8) is 0 Å². The van der Waals surface area contributed by atoms with Gasteiger partial charge in [0.15, 0.2) is 0 Å². The van der Waals surface area contributed by atoms with E-state index >= 15 is 0 Å². The van der Waals surface area contributed by atoms with Crippen molar-refractivity contribution in [2.24, 2.45) is 17.3 Å². The van der Waals surface area contributed by atoms with Crippen molar-refractivity contribution in [3.8, 4) is 0 Å². The molecule has 3 fully saturated rings. The second kappa shape index (κ2) is 1.56. The molecule has 60 valence electrons. The van der Waals surface area contributed by atoms with Crippen LogP contribution in [0.25, 0.3) is 0 Å². The summed E-state index contributed by atoms with van der Waals surface area (Å²) in [4.78, 5) is 0. The number of fused-ring (bicyclic) bond motifs is 5. The fraction of sp³-hybridized carbons (Fsp3) is 0.800. The molecule has 0 N–H and O–H groups in total. The average molecular weight is 150 g/mol. The number of allylic oxidation sites excluding steroid dienone is 1. The second-order valence-corrected chi connectivity index (χ2v) is 4.65. The molecule has 5 unspecified atom stereocenters. The van der Waals surface area contributed by atoms with E-state index in [1.54, 1.807) is 0 Å². The Labute approximate surface area is 67.4 Å². The van der Waals surface area contributed by atoms with E-state index in [0.29, 0.717) is 17.6 Å². The third-order valence-corrected chi connectivity index (χ3v) is 3.89. The maximum atomic E-state index is 5.63. The van der Waals surface area contributed by atoms with Gasteiger partial charge in [-0.05, 0) is 30.1 Å². The standard InChI is InChI=1S/C10H14O/c1-3-6-4-10(2)5-7(6)8-9(10)11-8/h3,6-9H,1,4-5H2,2H3. The van der Waals surface area contributed by atoms with Crippen LogP contribution in [0.4, 0.5) is 0 Å². The monoisotopic (exact) mass is 150 g/mol. The zero-order valence-electron chi connectivity index (χ0n) is 6.92. The Morgan fingerprint density at radius 1 is 1.55 bits per heavy atom. The van der Waals surface area contributed by atoms with Crippen molar-refractivity contribution in [2.45, 2.75) is 32.0 Å². The first-order chi connectivity index (χ1) is 5.24. The van der Waals surface area contributed by atoms with Crippen LogP contribution in [0.5, 0.6) is 0 Å². The van der Waals surface area contributed by atoms with Gasteiger partial charge in [-0.3, -0.25) is 0 Å². The van der Waals surface area contributed by atoms with Crippen LogP contribution in [-0.4, -0.2) is 12.2 Å². The fourth-order valence-corrected chi connectivity index (χ4v) is 3.32. The minimum absolute atomic E-state index is 0.522. The van der Waals surface area contributed by atoms with Gasteiger partial charge in [0, 0.05) is 0 Å². The second-order valence-electron chi connectivity index (χ2n) is 4.65. The number of epoxide rings is 1. The summed E-state index contributed by atoms with van der Waals surface area (Å²) in [5.74, 6) is 1.58. The van der Waals surface area contributed by atoms with Gasteiger partial charge >= 0.3 is 0 Å². The SMILES string of the molecule is C=CC1CC2(C)CC1C1OC12. The Morgan fingerprint density at radius 3 is 2.91 bits per heavy atom. The number of ether oxygens (including phenoxy) is 1. The molecule has 1 nitrogen and oxygen atoms in total. The third-order valence-electron chi connectivity index (χ3n) is 3.89. The molecule has 0 radical (unpaired) electrons. The largest absolute Gasteiger partial charge is 0.369 e. The average Bonchev–Trinajstić information content (AvgIpc) is 2.67. The lowest BCUT2D eigenvalue weighted by atomic mass is 9.82. The molecule has 3 aliphatic rings. The zero-order chi connectivity index (χ0) is 7.64. The van der Waals surface area contributed by atoms with Crippen molar-refractivity contribution in [2.75, 3.05) is 0 Å². The van der Waals surface area contributed by atoms with E-state index in [2.05, 4.69) is 19.6 Å². The number of hydrogen-bond acceptors (Lipinski definition) is 1. The van der Waals surface area contributed by atoms with E-state index in [0.717, 1.165) is 11.8 Å². The lowest BCUT2D eigenvalue weighted by molar-refractivity contribution is 0.196. The molecule has 11 heavy (non-hydrogen) atoms. The quantitative estimate of drug-likeness (QED) is 0.411. The third kappa shape index (κ3) is 0.572. The topological polar surface area (TPSA) is 12.5 Å². The molecule has 0 aromatic rings. The summed E-state index contributed by atoms with van der Waals surface area (Å²) in [6.07, 6.45) is 6.09. The van der Waals surface area contributed by atoms with E-state index < -0.39 is 0 Å². The van der Waals surface area contributed by atoms with Gasteiger partial charge in [-0.15, -0.1) is 6.58 Å². The van der Waals surface area contributed by atoms with Crippen LogP contribution >= 0.6 is 0 Å². The van der Waals surface area contributed by atoms with Gasteiger partial charge in [-0.1, -0.05) is 13.0 Å². The van der Waals surface area contributed by atoms with Gasteiger partial charge in [0.25, 0.3) is 0 Å². The Hall–Kier alpha value is -0.300. The first-order valence-electron chi connectivity index (χ1n) is 4.53. The van der Waals surface area contributed by atoms with E-state index in [1.807, 2.05) is 0 Å². The first-order valence-corrected chi connectivity index (χ1v) is 4.53. The highest BCUT2D eigenvalue weighted by Gasteiger charge is 2.68. The Bertz CT molecular complexity index is 223. The molecule has 0 aromatic heterocycles. The van der Waals surface area contributed by atoms with Crippen molar-refractivity contribution < 1.29 is 4.74 Å². The van der Waals surface area contributed by atoms with Gasteiger partial charge in [0.1, 0.15) is 0 Å². The molecule has 2 bridgehead atoms. The van der Waals surface area contributed by atoms with Crippen molar-refractivity contribution in [3.05, 3.63) is 12.7 Å². The minimum atomic E-state index is 0.522. The Morgan fingerprint density at radius 2 is 2.36 bits per heavy atom. The van der Waals surface area contributed by atoms with Crippen molar-refractivity contribution >= 4 is 0 Å². The van der Waals surface area contributed by atoms with Crippen LogP contribution < -0.4 is 0 Å². The molecule has 2 saturated carbocycles. The highest BCUT2D eigenvalue weighted by atomic mass is 16.6. The molecular weight excluding hydrogens is 136 g/mol. The summed E-state index contributed by atoms with van der Waals surface area (Å²) in [7, 11) is 0. The molecular formula is C10H14O. The highest BCUT2D eigenvalue weighted by Crippen LogP contribution is 2.65. The molecule has 0 amide bonds. The predicted octanol–water partition coefficient (Wildman–Crippen LogP) is 1.99. The molecule has 0 spiro atoms. The number of hydrogen-bond donors (Lipinski definition) is 0. The minimum Gasteiger partial charge on any atom is -0.369 e. The van der Waals surface area contributed by atoms with Gasteiger partial charge in [0.05, 0.1) is 12.2 Å². The maximum absolute atomic E-state index is 5.63. The maximum Gasteiger partial charge on any atom is 0.0898 e. The van der Waals surface area contributed by atoms with Crippen LogP contribution in [-0.2, 0) is 4.74 Å². The first kappa shape index (κ1) is 6.24. The Balaban J connectivity index is 1.97. The van der Waals surface area contributed by atoms with E-state index in [1.165, 1.54) is 12.8 Å². The normalized spacial score (nSPS) is 64.5. The summed E-state index contributed by atoms with van der Waals surface area (Å²) in [5, 5.41) is 0. The predicted molar refractivity (Wildman–Crippen MR) is 43.2 cm³/mol. The molecule has 3 rings (SSSR count). The van der Waals surface area contributed by atoms with Crippen molar-refractivity contribution in [1.29, 1.82) is 0 Å². The van der Waals surface area contributed by atoms with Crippen LogP contribution in [0, 0.1) is 17.3 Å². The van der Waals surface area contributed by atoms with Crippen LogP contribution in [0.3, 0.4) is 0 Å².